The number of imidazole rings is 1. The van der Waals surface area contributed by atoms with E-state index in [2.05, 4.69) is 37.0 Å². The van der Waals surface area contributed by atoms with Crippen molar-refractivity contribution in [3.63, 3.8) is 0 Å². The topological polar surface area (TPSA) is 27.1 Å². The Labute approximate surface area is 124 Å². The molecule has 0 spiro atoms. The van der Waals surface area contributed by atoms with Crippen LogP contribution in [-0.2, 0) is 17.9 Å². The summed E-state index contributed by atoms with van der Waals surface area (Å²) in [6.07, 6.45) is 3.95. The highest BCUT2D eigenvalue weighted by atomic mass is 16.5. The number of aromatic nitrogens is 2. The van der Waals surface area contributed by atoms with Crippen molar-refractivity contribution < 1.29 is 4.74 Å². The van der Waals surface area contributed by atoms with Gasteiger partial charge in [-0.2, -0.15) is 0 Å². The molecule has 0 aliphatic carbocycles. The van der Waals surface area contributed by atoms with E-state index in [9.17, 15) is 0 Å². The Morgan fingerprint density at radius 1 is 1.10 bits per heavy atom. The summed E-state index contributed by atoms with van der Waals surface area (Å²) in [4.78, 5) is 4.39. The van der Waals surface area contributed by atoms with Crippen LogP contribution in [-0.4, -0.2) is 16.2 Å². The van der Waals surface area contributed by atoms with E-state index in [0.717, 1.165) is 30.5 Å². The van der Waals surface area contributed by atoms with Crippen LogP contribution in [0.2, 0.25) is 0 Å². The molecule has 0 fully saturated rings. The van der Waals surface area contributed by atoms with Crippen molar-refractivity contribution in [1.82, 2.24) is 9.55 Å². The summed E-state index contributed by atoms with van der Waals surface area (Å²) in [5.74, 6) is 0. The summed E-state index contributed by atoms with van der Waals surface area (Å²) in [6, 6.07) is 6.42. The van der Waals surface area contributed by atoms with E-state index in [1.165, 1.54) is 5.56 Å². The number of fused-ring (bicyclic) bond motifs is 1. The van der Waals surface area contributed by atoms with Gasteiger partial charge in [-0.05, 0) is 30.5 Å². The average Bonchev–Trinajstić information content (AvgIpc) is 2.94. The van der Waals surface area contributed by atoms with Gasteiger partial charge in [-0.1, -0.05) is 47.6 Å². The fraction of sp³-hybridized carbons (Fsp3) is 0.588. The SMILES string of the molecule is CC.CC.CCCOCn1cnc2cc(CC)ccc21. The zero-order chi connectivity index (χ0) is 15.4. The van der Waals surface area contributed by atoms with Gasteiger partial charge < -0.3 is 9.30 Å². The minimum Gasteiger partial charge on any atom is -0.361 e. The maximum Gasteiger partial charge on any atom is 0.124 e. The van der Waals surface area contributed by atoms with Crippen LogP contribution in [0, 0.1) is 0 Å². The molecule has 3 nitrogen and oxygen atoms in total. The Morgan fingerprint density at radius 3 is 2.40 bits per heavy atom. The predicted octanol–water partition coefficient (Wildman–Crippen LogP) is 5.04. The van der Waals surface area contributed by atoms with E-state index >= 15 is 0 Å². The van der Waals surface area contributed by atoms with Gasteiger partial charge in [0.1, 0.15) is 6.73 Å². The van der Waals surface area contributed by atoms with Crippen molar-refractivity contribution in [2.45, 2.75) is 61.1 Å². The summed E-state index contributed by atoms with van der Waals surface area (Å²) in [7, 11) is 0. The second-order valence-corrected chi connectivity index (χ2v) is 3.93. The molecule has 114 valence electrons. The first-order chi connectivity index (χ1) is 9.85. The van der Waals surface area contributed by atoms with Crippen LogP contribution < -0.4 is 0 Å². The van der Waals surface area contributed by atoms with Gasteiger partial charge in [0.05, 0.1) is 17.4 Å². The van der Waals surface area contributed by atoms with E-state index in [4.69, 9.17) is 4.74 Å². The molecule has 3 heteroatoms. The Kier molecular flexibility index (Phi) is 10.7. The molecular formula is C17H30N2O. The maximum atomic E-state index is 5.51. The quantitative estimate of drug-likeness (QED) is 0.717. The molecule has 0 N–H and O–H groups in total. The van der Waals surface area contributed by atoms with Crippen LogP contribution in [0.5, 0.6) is 0 Å². The number of aryl methyl sites for hydroxylation is 1. The maximum absolute atomic E-state index is 5.51. The summed E-state index contributed by atoms with van der Waals surface area (Å²) >= 11 is 0. The molecule has 0 saturated carbocycles. The Bertz CT molecular complexity index is 463. The number of rotatable bonds is 5. The summed E-state index contributed by atoms with van der Waals surface area (Å²) < 4.78 is 7.56. The molecule has 2 aromatic rings. The van der Waals surface area contributed by atoms with Crippen LogP contribution in [0.3, 0.4) is 0 Å². The molecular weight excluding hydrogens is 248 g/mol. The second kappa shape index (κ2) is 11.5. The number of ether oxygens (including phenoxy) is 1. The van der Waals surface area contributed by atoms with Crippen molar-refractivity contribution >= 4 is 11.0 Å². The molecule has 20 heavy (non-hydrogen) atoms. The van der Waals surface area contributed by atoms with E-state index in [-0.39, 0.29) is 0 Å². The van der Waals surface area contributed by atoms with E-state index < -0.39 is 0 Å². The Balaban J connectivity index is 0.000000829. The van der Waals surface area contributed by atoms with E-state index in [1.807, 2.05) is 38.6 Å². The lowest BCUT2D eigenvalue weighted by Crippen LogP contribution is -2.01. The lowest BCUT2D eigenvalue weighted by atomic mass is 10.1. The van der Waals surface area contributed by atoms with Gasteiger partial charge in [0.15, 0.2) is 0 Å². The number of hydrogen-bond acceptors (Lipinski definition) is 2. The highest BCUT2D eigenvalue weighted by molar-refractivity contribution is 5.76. The molecule has 0 aliphatic rings. The highest BCUT2D eigenvalue weighted by Crippen LogP contribution is 2.15. The van der Waals surface area contributed by atoms with Crippen LogP contribution in [0.1, 0.15) is 53.5 Å². The molecule has 0 aliphatic heterocycles. The molecule has 0 amide bonds. The number of hydrogen-bond donors (Lipinski definition) is 0. The molecule has 1 aromatic carbocycles. The first-order valence-electron chi connectivity index (χ1n) is 7.86. The summed E-state index contributed by atoms with van der Waals surface area (Å²) in [6.45, 7) is 13.7. The van der Waals surface area contributed by atoms with E-state index in [0.29, 0.717) is 6.73 Å². The summed E-state index contributed by atoms with van der Waals surface area (Å²) in [5.41, 5.74) is 3.53. The number of nitrogens with zero attached hydrogens (tertiary/aromatic N) is 2. The molecule has 0 radical (unpaired) electrons. The fourth-order valence-electron chi connectivity index (χ4n) is 1.74. The van der Waals surface area contributed by atoms with Crippen molar-refractivity contribution in [3.05, 3.63) is 30.1 Å². The molecule has 0 bridgehead atoms. The molecule has 0 unspecified atom stereocenters. The van der Waals surface area contributed by atoms with Gasteiger partial charge in [0, 0.05) is 6.61 Å². The van der Waals surface area contributed by atoms with Gasteiger partial charge in [-0.15, -0.1) is 0 Å². The smallest absolute Gasteiger partial charge is 0.124 e. The van der Waals surface area contributed by atoms with Gasteiger partial charge >= 0.3 is 0 Å². The Hall–Kier alpha value is -1.35. The third-order valence-corrected chi connectivity index (χ3v) is 2.67. The monoisotopic (exact) mass is 278 g/mol. The average molecular weight is 278 g/mol. The summed E-state index contributed by atoms with van der Waals surface area (Å²) in [5, 5.41) is 0. The lowest BCUT2D eigenvalue weighted by molar-refractivity contribution is 0.0800. The first kappa shape index (κ1) is 18.7. The van der Waals surface area contributed by atoms with Gasteiger partial charge in [-0.25, -0.2) is 4.98 Å². The van der Waals surface area contributed by atoms with Crippen LogP contribution in [0.25, 0.3) is 11.0 Å². The predicted molar refractivity (Wildman–Crippen MR) is 88.1 cm³/mol. The van der Waals surface area contributed by atoms with Crippen molar-refractivity contribution in [2.75, 3.05) is 6.61 Å². The lowest BCUT2D eigenvalue weighted by Gasteiger charge is -2.05. The van der Waals surface area contributed by atoms with E-state index in [1.54, 1.807) is 0 Å². The first-order valence-corrected chi connectivity index (χ1v) is 7.86. The third kappa shape index (κ3) is 5.33. The van der Waals surface area contributed by atoms with Gasteiger partial charge in [0.25, 0.3) is 0 Å². The number of benzene rings is 1. The highest BCUT2D eigenvalue weighted by Gasteiger charge is 2.02. The molecule has 1 heterocycles. The molecule has 0 atom stereocenters. The van der Waals surface area contributed by atoms with Crippen molar-refractivity contribution in [1.29, 1.82) is 0 Å². The second-order valence-electron chi connectivity index (χ2n) is 3.93. The fourth-order valence-corrected chi connectivity index (χ4v) is 1.74. The van der Waals surface area contributed by atoms with Crippen LogP contribution in [0.4, 0.5) is 0 Å². The standard InChI is InChI=1S/C13H18N2O.2C2H6/c1-3-7-16-10-15-9-14-12-8-11(4-2)5-6-13(12)15;2*1-2/h5-6,8-9H,3-4,7,10H2,1-2H3;2*1-2H3. The van der Waals surface area contributed by atoms with Crippen LogP contribution in [0.15, 0.2) is 24.5 Å². The van der Waals surface area contributed by atoms with Gasteiger partial charge in [0.2, 0.25) is 0 Å². The normalized spacial score (nSPS) is 9.50. The van der Waals surface area contributed by atoms with Crippen molar-refractivity contribution in [2.24, 2.45) is 0 Å². The minimum absolute atomic E-state index is 0.593. The molecule has 1 aromatic heterocycles. The zero-order valence-corrected chi connectivity index (χ0v) is 13.9. The largest absolute Gasteiger partial charge is 0.361 e. The third-order valence-electron chi connectivity index (χ3n) is 2.67. The van der Waals surface area contributed by atoms with Gasteiger partial charge in [-0.3, -0.25) is 0 Å². The minimum atomic E-state index is 0.593. The molecule has 2 rings (SSSR count). The zero-order valence-electron chi connectivity index (χ0n) is 13.9. The Morgan fingerprint density at radius 2 is 1.80 bits per heavy atom. The van der Waals surface area contributed by atoms with Crippen LogP contribution >= 0.6 is 0 Å². The van der Waals surface area contributed by atoms with Crippen molar-refractivity contribution in [3.8, 4) is 0 Å². The molecule has 0 saturated heterocycles.